The predicted octanol–water partition coefficient (Wildman–Crippen LogP) is 2.06. The van der Waals surface area contributed by atoms with E-state index in [4.69, 9.17) is 16.1 Å². The molecule has 0 N–H and O–H groups in total. The summed E-state index contributed by atoms with van der Waals surface area (Å²) in [7, 11) is -1.60. The molecule has 1 unspecified atom stereocenters. The SMILES string of the molecule is CCOP(=O)(CCl)OC. The maximum atomic E-state index is 11.0. The first-order valence-electron chi connectivity index (χ1n) is 2.54. The lowest BCUT2D eigenvalue weighted by molar-refractivity contribution is 0.248. The topological polar surface area (TPSA) is 35.5 Å². The van der Waals surface area contributed by atoms with Gasteiger partial charge in [-0.15, -0.1) is 11.6 Å². The fourth-order valence-corrected chi connectivity index (χ4v) is 1.50. The van der Waals surface area contributed by atoms with Crippen LogP contribution in [-0.4, -0.2) is 19.3 Å². The smallest absolute Gasteiger partial charge is 0.311 e. The van der Waals surface area contributed by atoms with E-state index >= 15 is 0 Å². The third-order valence-electron chi connectivity index (χ3n) is 0.750. The third kappa shape index (κ3) is 3.21. The molecule has 56 valence electrons. The summed E-state index contributed by atoms with van der Waals surface area (Å²) in [6.45, 7) is 2.09. The van der Waals surface area contributed by atoms with Crippen LogP contribution < -0.4 is 0 Å². The first-order valence-corrected chi connectivity index (χ1v) is 4.80. The van der Waals surface area contributed by atoms with Crippen molar-refractivity contribution < 1.29 is 13.6 Å². The largest absolute Gasteiger partial charge is 0.345 e. The van der Waals surface area contributed by atoms with Gasteiger partial charge in [0.2, 0.25) is 0 Å². The number of rotatable bonds is 4. The van der Waals surface area contributed by atoms with Crippen LogP contribution in [0.1, 0.15) is 6.92 Å². The second kappa shape index (κ2) is 4.29. The van der Waals surface area contributed by atoms with Crippen LogP contribution >= 0.6 is 19.2 Å². The fraction of sp³-hybridized carbons (Fsp3) is 1.00. The fourth-order valence-electron chi connectivity index (χ4n) is 0.333. The lowest BCUT2D eigenvalue weighted by Crippen LogP contribution is -1.92. The van der Waals surface area contributed by atoms with Crippen molar-refractivity contribution in [2.24, 2.45) is 0 Å². The Hall–Kier alpha value is 0.440. The Labute approximate surface area is 59.8 Å². The molecule has 0 rings (SSSR count). The normalized spacial score (nSPS) is 17.2. The number of hydrogen-bond donors (Lipinski definition) is 0. The van der Waals surface area contributed by atoms with Crippen molar-refractivity contribution in [3.63, 3.8) is 0 Å². The van der Waals surface area contributed by atoms with Gasteiger partial charge in [0.15, 0.2) is 0 Å². The van der Waals surface area contributed by atoms with E-state index in [1.54, 1.807) is 6.92 Å². The van der Waals surface area contributed by atoms with E-state index in [0.717, 1.165) is 0 Å². The highest BCUT2D eigenvalue weighted by Crippen LogP contribution is 2.47. The van der Waals surface area contributed by atoms with Crippen molar-refractivity contribution in [1.29, 1.82) is 0 Å². The van der Waals surface area contributed by atoms with Crippen LogP contribution in [0.5, 0.6) is 0 Å². The highest BCUT2D eigenvalue weighted by atomic mass is 35.5. The van der Waals surface area contributed by atoms with E-state index in [-0.39, 0.29) is 5.62 Å². The van der Waals surface area contributed by atoms with E-state index in [2.05, 4.69) is 4.52 Å². The van der Waals surface area contributed by atoms with Crippen LogP contribution in [0, 0.1) is 0 Å². The second-order valence-electron chi connectivity index (χ2n) is 1.33. The van der Waals surface area contributed by atoms with Gasteiger partial charge in [-0.3, -0.25) is 4.57 Å². The first kappa shape index (κ1) is 9.44. The quantitative estimate of drug-likeness (QED) is 0.481. The second-order valence-corrected chi connectivity index (χ2v) is 4.13. The van der Waals surface area contributed by atoms with Gasteiger partial charge in [-0.2, -0.15) is 0 Å². The Bertz CT molecular complexity index is 108. The molecule has 0 bridgehead atoms. The minimum absolute atomic E-state index is 0.0860. The molecular formula is C4H10ClO3P. The zero-order valence-electron chi connectivity index (χ0n) is 5.46. The lowest BCUT2D eigenvalue weighted by atomic mass is 10.9. The molecule has 0 aliphatic rings. The summed E-state index contributed by atoms with van der Waals surface area (Å²) in [5, 5.41) is 0. The molecule has 5 heteroatoms. The summed E-state index contributed by atoms with van der Waals surface area (Å²) < 4.78 is 20.2. The third-order valence-corrected chi connectivity index (χ3v) is 3.13. The molecule has 0 heterocycles. The average molecular weight is 173 g/mol. The lowest BCUT2D eigenvalue weighted by Gasteiger charge is -2.10. The van der Waals surface area contributed by atoms with Gasteiger partial charge in [-0.25, -0.2) is 0 Å². The van der Waals surface area contributed by atoms with Gasteiger partial charge in [0.1, 0.15) is 5.62 Å². The molecule has 0 fully saturated rings. The van der Waals surface area contributed by atoms with Gasteiger partial charge in [-0.05, 0) is 6.92 Å². The van der Waals surface area contributed by atoms with Crippen molar-refractivity contribution in [1.82, 2.24) is 0 Å². The summed E-state index contributed by atoms with van der Waals surface area (Å²) in [4.78, 5) is 0. The van der Waals surface area contributed by atoms with Crippen molar-refractivity contribution in [2.45, 2.75) is 6.92 Å². The minimum atomic E-state index is -2.92. The van der Waals surface area contributed by atoms with Crippen LogP contribution in [-0.2, 0) is 13.6 Å². The van der Waals surface area contributed by atoms with Crippen LogP contribution in [0.4, 0.5) is 0 Å². The Morgan fingerprint density at radius 2 is 2.22 bits per heavy atom. The average Bonchev–Trinajstić information content (AvgIpc) is 1.89. The molecule has 0 amide bonds. The van der Waals surface area contributed by atoms with Gasteiger partial charge in [0, 0.05) is 7.11 Å². The van der Waals surface area contributed by atoms with E-state index in [1.807, 2.05) is 0 Å². The van der Waals surface area contributed by atoms with Gasteiger partial charge >= 0.3 is 7.60 Å². The zero-order valence-corrected chi connectivity index (χ0v) is 7.11. The van der Waals surface area contributed by atoms with Crippen LogP contribution in [0.25, 0.3) is 0 Å². The van der Waals surface area contributed by atoms with Crippen LogP contribution in [0.3, 0.4) is 0 Å². The van der Waals surface area contributed by atoms with E-state index < -0.39 is 7.60 Å². The summed E-state index contributed by atoms with van der Waals surface area (Å²) in [6, 6.07) is 0. The maximum Gasteiger partial charge on any atom is 0.345 e. The molecule has 3 nitrogen and oxygen atoms in total. The van der Waals surface area contributed by atoms with Gasteiger partial charge < -0.3 is 9.05 Å². The first-order chi connectivity index (χ1) is 4.18. The standard InChI is InChI=1S/C4H10ClO3P/c1-3-8-9(6,4-5)7-2/h3-4H2,1-2H3. The van der Waals surface area contributed by atoms with Crippen molar-refractivity contribution in [2.75, 3.05) is 19.3 Å². The molecule has 0 radical (unpaired) electrons. The predicted molar refractivity (Wildman–Crippen MR) is 37.0 cm³/mol. The van der Waals surface area contributed by atoms with Gasteiger partial charge in [0.25, 0.3) is 0 Å². The highest BCUT2D eigenvalue weighted by Gasteiger charge is 2.19. The monoisotopic (exact) mass is 172 g/mol. The number of hydrogen-bond acceptors (Lipinski definition) is 3. The van der Waals surface area contributed by atoms with Crippen molar-refractivity contribution >= 4 is 19.2 Å². The van der Waals surface area contributed by atoms with Gasteiger partial charge in [0.05, 0.1) is 6.61 Å². The highest BCUT2D eigenvalue weighted by molar-refractivity contribution is 7.55. The van der Waals surface area contributed by atoms with Gasteiger partial charge in [-0.1, -0.05) is 0 Å². The number of halogens is 1. The molecule has 0 spiro atoms. The molecule has 1 atom stereocenters. The minimum Gasteiger partial charge on any atom is -0.311 e. The summed E-state index contributed by atoms with van der Waals surface area (Å²) in [5.74, 6) is 0. The van der Waals surface area contributed by atoms with Crippen LogP contribution in [0.2, 0.25) is 0 Å². The molecule has 0 aliphatic carbocycles. The molecule has 0 aromatic carbocycles. The van der Waals surface area contributed by atoms with Crippen LogP contribution in [0.15, 0.2) is 0 Å². The summed E-state index contributed by atoms with van der Waals surface area (Å²) >= 11 is 5.27. The number of alkyl halides is 1. The molecular weight excluding hydrogens is 162 g/mol. The summed E-state index contributed by atoms with van der Waals surface area (Å²) in [5.41, 5.74) is -0.0860. The molecule has 9 heavy (non-hydrogen) atoms. The van der Waals surface area contributed by atoms with Crippen molar-refractivity contribution in [3.8, 4) is 0 Å². The van der Waals surface area contributed by atoms with E-state index in [9.17, 15) is 4.57 Å². The molecule has 0 aromatic rings. The molecule has 0 saturated carbocycles. The Balaban J connectivity index is 3.78. The maximum absolute atomic E-state index is 11.0. The Morgan fingerprint density at radius 1 is 1.67 bits per heavy atom. The van der Waals surface area contributed by atoms with E-state index in [1.165, 1.54) is 7.11 Å². The Morgan fingerprint density at radius 3 is 2.33 bits per heavy atom. The van der Waals surface area contributed by atoms with Crippen molar-refractivity contribution in [3.05, 3.63) is 0 Å². The molecule has 0 aromatic heterocycles. The summed E-state index contributed by atoms with van der Waals surface area (Å²) in [6.07, 6.45) is 0. The Kier molecular flexibility index (Phi) is 4.50. The zero-order chi connectivity index (χ0) is 7.33. The molecule has 0 aliphatic heterocycles. The molecule has 0 saturated heterocycles. The van der Waals surface area contributed by atoms with E-state index in [0.29, 0.717) is 6.61 Å².